The Bertz CT molecular complexity index is 320. The lowest BCUT2D eigenvalue weighted by molar-refractivity contribution is 0.0342. The predicted molar refractivity (Wildman–Crippen MR) is 65.9 cm³/mol. The maximum Gasteiger partial charge on any atom is 0.152 e. The smallest absolute Gasteiger partial charge is 0.152 e. The van der Waals surface area contributed by atoms with E-state index in [0.717, 1.165) is 63.4 Å². The number of aromatic amines is 1. The van der Waals surface area contributed by atoms with Crippen LogP contribution in [0.4, 0.5) is 0 Å². The van der Waals surface area contributed by atoms with Crippen LogP contribution >= 0.6 is 0 Å². The third-order valence-electron chi connectivity index (χ3n) is 3.03. The van der Waals surface area contributed by atoms with Gasteiger partial charge in [-0.1, -0.05) is 6.92 Å². The van der Waals surface area contributed by atoms with Gasteiger partial charge in [0.1, 0.15) is 5.82 Å². The number of aromatic nitrogens is 3. The zero-order valence-corrected chi connectivity index (χ0v) is 10.5. The van der Waals surface area contributed by atoms with Gasteiger partial charge in [-0.05, 0) is 32.4 Å². The molecule has 1 saturated heterocycles. The third-order valence-corrected chi connectivity index (χ3v) is 3.03. The van der Waals surface area contributed by atoms with Crippen LogP contribution in [0.2, 0.25) is 0 Å². The minimum absolute atomic E-state index is 0.422. The van der Waals surface area contributed by atoms with E-state index in [1.807, 2.05) is 0 Å². The van der Waals surface area contributed by atoms with E-state index in [2.05, 4.69) is 27.4 Å². The number of rotatable bonds is 6. The third kappa shape index (κ3) is 4.09. The quantitative estimate of drug-likeness (QED) is 0.778. The van der Waals surface area contributed by atoms with Crippen molar-refractivity contribution in [3.05, 3.63) is 11.6 Å². The van der Waals surface area contributed by atoms with Gasteiger partial charge in [0.15, 0.2) is 5.82 Å². The molecule has 2 rings (SSSR count). The Hall–Kier alpha value is -0.940. The summed E-state index contributed by atoms with van der Waals surface area (Å²) < 4.78 is 5.82. The van der Waals surface area contributed by atoms with Gasteiger partial charge in [0.05, 0.1) is 12.7 Å². The van der Waals surface area contributed by atoms with Crippen LogP contribution in [0.25, 0.3) is 0 Å². The molecule has 0 aromatic carbocycles. The monoisotopic (exact) mass is 238 g/mol. The zero-order valence-electron chi connectivity index (χ0n) is 10.5. The first-order chi connectivity index (χ1) is 8.38. The molecule has 0 bridgehead atoms. The van der Waals surface area contributed by atoms with E-state index in [4.69, 9.17) is 4.74 Å². The van der Waals surface area contributed by atoms with E-state index in [1.54, 1.807) is 0 Å². The summed E-state index contributed by atoms with van der Waals surface area (Å²) >= 11 is 0. The molecule has 1 fully saturated rings. The summed E-state index contributed by atoms with van der Waals surface area (Å²) in [4.78, 5) is 4.42. The summed E-state index contributed by atoms with van der Waals surface area (Å²) in [6, 6.07) is 0. The van der Waals surface area contributed by atoms with Crippen LogP contribution in [0.3, 0.4) is 0 Å². The van der Waals surface area contributed by atoms with Crippen molar-refractivity contribution in [1.29, 1.82) is 0 Å². The Labute approximate surface area is 102 Å². The van der Waals surface area contributed by atoms with Gasteiger partial charge in [-0.3, -0.25) is 5.10 Å². The van der Waals surface area contributed by atoms with Crippen molar-refractivity contribution in [2.75, 3.05) is 19.7 Å². The zero-order chi connectivity index (χ0) is 11.9. The summed E-state index contributed by atoms with van der Waals surface area (Å²) in [5, 5.41) is 10.5. The topological polar surface area (TPSA) is 62.8 Å². The van der Waals surface area contributed by atoms with Gasteiger partial charge in [0, 0.05) is 12.8 Å². The number of nitrogens with one attached hydrogen (secondary N) is 2. The van der Waals surface area contributed by atoms with Crippen LogP contribution in [0.15, 0.2) is 0 Å². The minimum Gasteiger partial charge on any atom is -0.378 e. The van der Waals surface area contributed by atoms with Gasteiger partial charge in [-0.2, -0.15) is 5.10 Å². The Morgan fingerprint density at radius 3 is 2.88 bits per heavy atom. The van der Waals surface area contributed by atoms with Crippen molar-refractivity contribution in [2.24, 2.45) is 0 Å². The second-order valence-electron chi connectivity index (χ2n) is 4.52. The molecule has 0 unspecified atom stereocenters. The van der Waals surface area contributed by atoms with Crippen molar-refractivity contribution < 1.29 is 4.74 Å². The number of ether oxygens (including phenoxy) is 1. The van der Waals surface area contributed by atoms with E-state index in [1.165, 1.54) is 0 Å². The second kappa shape index (κ2) is 6.71. The molecule has 2 N–H and O–H groups in total. The first kappa shape index (κ1) is 12.5. The average Bonchev–Trinajstić information content (AvgIpc) is 2.79. The molecule has 1 aromatic rings. The number of aryl methyl sites for hydroxylation is 1. The number of piperidine rings is 1. The van der Waals surface area contributed by atoms with E-state index in [9.17, 15) is 0 Å². The number of H-pyrrole nitrogens is 1. The van der Waals surface area contributed by atoms with Crippen molar-refractivity contribution in [3.63, 3.8) is 0 Å². The van der Waals surface area contributed by atoms with Gasteiger partial charge in [-0.15, -0.1) is 0 Å². The largest absolute Gasteiger partial charge is 0.378 e. The number of hydrogen-bond acceptors (Lipinski definition) is 4. The molecule has 5 heteroatoms. The molecule has 2 heterocycles. The Morgan fingerprint density at radius 2 is 2.12 bits per heavy atom. The number of hydrogen-bond donors (Lipinski definition) is 2. The molecule has 0 amide bonds. The van der Waals surface area contributed by atoms with Crippen molar-refractivity contribution >= 4 is 0 Å². The summed E-state index contributed by atoms with van der Waals surface area (Å²) in [5.41, 5.74) is 0. The molecule has 0 radical (unpaired) electrons. The highest BCUT2D eigenvalue weighted by Crippen LogP contribution is 2.07. The van der Waals surface area contributed by atoms with Gasteiger partial charge in [0.2, 0.25) is 0 Å². The number of nitrogens with zero attached hydrogens (tertiary/aromatic N) is 2. The van der Waals surface area contributed by atoms with Crippen LogP contribution in [0, 0.1) is 0 Å². The fraction of sp³-hybridized carbons (Fsp3) is 0.833. The van der Waals surface area contributed by atoms with Gasteiger partial charge < -0.3 is 10.1 Å². The molecule has 0 spiro atoms. The lowest BCUT2D eigenvalue weighted by atomic mass is 10.1. The minimum atomic E-state index is 0.422. The molecule has 96 valence electrons. The molecule has 5 nitrogen and oxygen atoms in total. The van der Waals surface area contributed by atoms with Gasteiger partial charge in [-0.25, -0.2) is 4.98 Å². The van der Waals surface area contributed by atoms with Crippen LogP contribution in [-0.2, 0) is 17.6 Å². The maximum absolute atomic E-state index is 5.82. The lowest BCUT2D eigenvalue weighted by Gasteiger charge is -2.22. The molecule has 1 aliphatic rings. The standard InChI is InChI=1S/C12H22N4O/c1-2-3-11-14-12(16-15-11)6-9-17-10-4-7-13-8-5-10/h10,13H,2-9H2,1H3,(H,14,15,16). The van der Waals surface area contributed by atoms with E-state index < -0.39 is 0 Å². The lowest BCUT2D eigenvalue weighted by Crippen LogP contribution is -2.32. The molecular weight excluding hydrogens is 216 g/mol. The van der Waals surface area contributed by atoms with Crippen LogP contribution < -0.4 is 5.32 Å². The highest BCUT2D eigenvalue weighted by molar-refractivity contribution is 4.90. The molecule has 1 aromatic heterocycles. The summed E-state index contributed by atoms with van der Waals surface area (Å²) in [5.74, 6) is 1.87. The fourth-order valence-corrected chi connectivity index (χ4v) is 2.07. The Morgan fingerprint density at radius 1 is 1.29 bits per heavy atom. The highest BCUT2D eigenvalue weighted by Gasteiger charge is 2.13. The molecule has 0 saturated carbocycles. The normalized spacial score (nSPS) is 17.5. The average molecular weight is 238 g/mol. The van der Waals surface area contributed by atoms with E-state index in [0.29, 0.717) is 6.10 Å². The molecule has 0 atom stereocenters. The van der Waals surface area contributed by atoms with Gasteiger partial charge in [0.25, 0.3) is 0 Å². The molecular formula is C12H22N4O. The predicted octanol–water partition coefficient (Wildman–Crippen LogP) is 1.07. The molecule has 1 aliphatic heterocycles. The molecule has 17 heavy (non-hydrogen) atoms. The first-order valence-corrected chi connectivity index (χ1v) is 6.61. The first-order valence-electron chi connectivity index (χ1n) is 6.61. The van der Waals surface area contributed by atoms with Crippen molar-refractivity contribution in [1.82, 2.24) is 20.5 Å². The van der Waals surface area contributed by atoms with Crippen molar-refractivity contribution in [2.45, 2.75) is 45.1 Å². The van der Waals surface area contributed by atoms with Gasteiger partial charge >= 0.3 is 0 Å². The van der Waals surface area contributed by atoms with E-state index >= 15 is 0 Å². The van der Waals surface area contributed by atoms with Crippen LogP contribution in [-0.4, -0.2) is 41.0 Å². The summed E-state index contributed by atoms with van der Waals surface area (Å²) in [6.45, 7) is 5.02. The SMILES string of the molecule is CCCc1nc(CCOC2CCNCC2)n[nH]1. The molecule has 0 aliphatic carbocycles. The fourth-order valence-electron chi connectivity index (χ4n) is 2.07. The Balaban J connectivity index is 1.66. The summed E-state index contributed by atoms with van der Waals surface area (Å²) in [6.07, 6.45) is 5.54. The van der Waals surface area contributed by atoms with E-state index in [-0.39, 0.29) is 0 Å². The second-order valence-corrected chi connectivity index (χ2v) is 4.52. The van der Waals surface area contributed by atoms with Crippen molar-refractivity contribution in [3.8, 4) is 0 Å². The van der Waals surface area contributed by atoms with Crippen LogP contribution in [0.5, 0.6) is 0 Å². The Kier molecular flexibility index (Phi) is 4.94. The van der Waals surface area contributed by atoms with Crippen LogP contribution in [0.1, 0.15) is 37.8 Å². The summed E-state index contributed by atoms with van der Waals surface area (Å²) in [7, 11) is 0. The maximum atomic E-state index is 5.82. The highest BCUT2D eigenvalue weighted by atomic mass is 16.5.